The molecule has 0 saturated heterocycles. The van der Waals surface area contributed by atoms with Gasteiger partial charge in [-0.25, -0.2) is 9.97 Å². The van der Waals surface area contributed by atoms with Gasteiger partial charge < -0.3 is 4.42 Å². The van der Waals surface area contributed by atoms with E-state index in [2.05, 4.69) is 20.8 Å². The van der Waals surface area contributed by atoms with Crippen molar-refractivity contribution < 1.29 is 14.0 Å². The number of fused-ring (bicyclic) bond motifs is 1. The van der Waals surface area contributed by atoms with Crippen LogP contribution in [0.4, 0.5) is 0 Å². The predicted molar refractivity (Wildman–Crippen MR) is 113 cm³/mol. The zero-order chi connectivity index (χ0) is 20.2. The number of carbonyl (C=O) groups is 2. The molecule has 146 valence electrons. The summed E-state index contributed by atoms with van der Waals surface area (Å²) < 4.78 is 4.97. The smallest absolute Gasteiger partial charge is 0.305 e. The second kappa shape index (κ2) is 8.64. The highest BCUT2D eigenvalue weighted by atomic mass is 35.5. The standard InChI is InChI=1S/C19H13ClN4O3S2/c20-12-5-3-11(4-6-12)13-8-28-18-16(13)19(22-10-21-18)29-9-15(25)23-24-17(26)14-2-1-7-27-14/h1-8,10H,9H2,(H,23,25)(H,24,26). The molecule has 0 bridgehead atoms. The molecule has 2 N–H and O–H groups in total. The van der Waals surface area contributed by atoms with Crippen molar-refractivity contribution in [2.75, 3.05) is 5.75 Å². The summed E-state index contributed by atoms with van der Waals surface area (Å²) in [6, 6.07) is 10.6. The quantitative estimate of drug-likeness (QED) is 0.272. The van der Waals surface area contributed by atoms with Crippen molar-refractivity contribution in [2.24, 2.45) is 0 Å². The van der Waals surface area contributed by atoms with E-state index >= 15 is 0 Å². The van der Waals surface area contributed by atoms with Crippen molar-refractivity contribution in [1.29, 1.82) is 0 Å². The van der Waals surface area contributed by atoms with Gasteiger partial charge in [0.15, 0.2) is 5.76 Å². The van der Waals surface area contributed by atoms with E-state index in [0.29, 0.717) is 10.0 Å². The molecule has 7 nitrogen and oxygen atoms in total. The summed E-state index contributed by atoms with van der Waals surface area (Å²) in [5.41, 5.74) is 6.64. The molecule has 3 heterocycles. The number of benzene rings is 1. The van der Waals surface area contributed by atoms with Crippen molar-refractivity contribution in [3.8, 4) is 11.1 Å². The highest BCUT2D eigenvalue weighted by molar-refractivity contribution is 8.00. The van der Waals surface area contributed by atoms with E-state index in [9.17, 15) is 9.59 Å². The van der Waals surface area contributed by atoms with Gasteiger partial charge in [-0.05, 0) is 29.8 Å². The van der Waals surface area contributed by atoms with Crippen LogP contribution in [0, 0.1) is 0 Å². The fraction of sp³-hybridized carbons (Fsp3) is 0.0526. The molecule has 10 heteroatoms. The van der Waals surface area contributed by atoms with Gasteiger partial charge in [-0.2, -0.15) is 0 Å². The van der Waals surface area contributed by atoms with E-state index < -0.39 is 5.91 Å². The molecular formula is C19H13ClN4O3S2. The molecule has 0 fully saturated rings. The average Bonchev–Trinajstić information content (AvgIpc) is 3.41. The van der Waals surface area contributed by atoms with E-state index in [4.69, 9.17) is 16.0 Å². The van der Waals surface area contributed by atoms with Crippen LogP contribution in [0.2, 0.25) is 5.02 Å². The molecule has 0 radical (unpaired) electrons. The Bertz CT molecular complexity index is 1160. The van der Waals surface area contributed by atoms with Gasteiger partial charge in [-0.1, -0.05) is 35.5 Å². The Labute approximate surface area is 178 Å². The number of furan rings is 1. The van der Waals surface area contributed by atoms with Gasteiger partial charge in [0.25, 0.3) is 0 Å². The Morgan fingerprint density at radius 2 is 1.97 bits per heavy atom. The van der Waals surface area contributed by atoms with E-state index in [1.54, 1.807) is 6.07 Å². The third-order valence-corrected chi connectivity index (χ3v) is 6.02. The fourth-order valence-electron chi connectivity index (χ4n) is 2.56. The van der Waals surface area contributed by atoms with Crippen LogP contribution in [0.25, 0.3) is 21.3 Å². The molecule has 0 spiro atoms. The van der Waals surface area contributed by atoms with Crippen molar-refractivity contribution in [3.63, 3.8) is 0 Å². The number of aromatic nitrogens is 2. The third-order valence-electron chi connectivity index (χ3n) is 3.89. The summed E-state index contributed by atoms with van der Waals surface area (Å²) in [4.78, 5) is 33.4. The Morgan fingerprint density at radius 3 is 2.72 bits per heavy atom. The number of rotatable bonds is 5. The number of thioether (sulfide) groups is 1. The number of amides is 2. The summed E-state index contributed by atoms with van der Waals surface area (Å²) in [6.07, 6.45) is 2.86. The Hall–Kier alpha value is -2.88. The third kappa shape index (κ3) is 4.42. The molecule has 4 rings (SSSR count). The first-order valence-corrected chi connectivity index (χ1v) is 10.6. The number of hydrogen-bond donors (Lipinski definition) is 2. The van der Waals surface area contributed by atoms with Crippen molar-refractivity contribution in [3.05, 3.63) is 65.2 Å². The van der Waals surface area contributed by atoms with Gasteiger partial charge in [-0.3, -0.25) is 20.4 Å². The zero-order valence-electron chi connectivity index (χ0n) is 14.7. The summed E-state index contributed by atoms with van der Waals surface area (Å²) in [5, 5.41) is 4.24. The van der Waals surface area contributed by atoms with Crippen LogP contribution in [0.1, 0.15) is 10.6 Å². The largest absolute Gasteiger partial charge is 0.459 e. The van der Waals surface area contributed by atoms with Crippen LogP contribution >= 0.6 is 34.7 Å². The first-order valence-electron chi connectivity index (χ1n) is 8.35. The maximum Gasteiger partial charge on any atom is 0.305 e. The minimum Gasteiger partial charge on any atom is -0.459 e. The van der Waals surface area contributed by atoms with Gasteiger partial charge in [-0.15, -0.1) is 11.3 Å². The monoisotopic (exact) mass is 444 g/mol. The molecule has 3 aromatic heterocycles. The van der Waals surface area contributed by atoms with Crippen LogP contribution < -0.4 is 10.9 Å². The van der Waals surface area contributed by atoms with E-state index in [1.165, 1.54) is 41.8 Å². The summed E-state index contributed by atoms with van der Waals surface area (Å²) in [7, 11) is 0. The molecule has 1 aromatic carbocycles. The predicted octanol–water partition coefficient (Wildman–Crippen LogP) is 4.16. The first kappa shape index (κ1) is 19.4. The van der Waals surface area contributed by atoms with Crippen molar-refractivity contribution >= 4 is 56.7 Å². The lowest BCUT2D eigenvalue weighted by molar-refractivity contribution is -0.119. The Balaban J connectivity index is 1.46. The fourth-order valence-corrected chi connectivity index (χ4v) is 4.48. The molecule has 4 aromatic rings. The number of hydrogen-bond acceptors (Lipinski definition) is 7. The van der Waals surface area contributed by atoms with Crippen LogP contribution in [0.3, 0.4) is 0 Å². The van der Waals surface area contributed by atoms with E-state index in [0.717, 1.165) is 21.3 Å². The molecule has 0 aliphatic carbocycles. The minimum atomic E-state index is -0.527. The highest BCUT2D eigenvalue weighted by Gasteiger charge is 2.15. The average molecular weight is 445 g/mol. The van der Waals surface area contributed by atoms with Gasteiger partial charge in [0.2, 0.25) is 5.91 Å². The van der Waals surface area contributed by atoms with Gasteiger partial charge in [0.05, 0.1) is 17.4 Å². The van der Waals surface area contributed by atoms with E-state index in [-0.39, 0.29) is 17.4 Å². The molecule has 0 aliphatic rings. The summed E-state index contributed by atoms with van der Waals surface area (Å²) in [6.45, 7) is 0. The molecule has 29 heavy (non-hydrogen) atoms. The molecule has 0 saturated carbocycles. The van der Waals surface area contributed by atoms with Crippen LogP contribution in [0.5, 0.6) is 0 Å². The lowest BCUT2D eigenvalue weighted by Crippen LogP contribution is -2.42. The number of nitrogens with zero attached hydrogens (tertiary/aromatic N) is 2. The lowest BCUT2D eigenvalue weighted by atomic mass is 10.1. The molecule has 2 amide bonds. The number of hydrazine groups is 1. The van der Waals surface area contributed by atoms with Gasteiger partial charge >= 0.3 is 5.91 Å². The zero-order valence-corrected chi connectivity index (χ0v) is 17.1. The maximum absolute atomic E-state index is 12.1. The van der Waals surface area contributed by atoms with Crippen molar-refractivity contribution in [1.82, 2.24) is 20.8 Å². The summed E-state index contributed by atoms with van der Waals surface area (Å²) >= 11 is 8.76. The van der Waals surface area contributed by atoms with Crippen molar-refractivity contribution in [2.45, 2.75) is 5.03 Å². The maximum atomic E-state index is 12.1. The first-order chi connectivity index (χ1) is 14.1. The lowest BCUT2D eigenvalue weighted by Gasteiger charge is -2.07. The topological polar surface area (TPSA) is 97.1 Å². The summed E-state index contributed by atoms with van der Waals surface area (Å²) in [5.74, 6) is -0.715. The van der Waals surface area contributed by atoms with Crippen LogP contribution in [0.15, 0.2) is 63.8 Å². The Kier molecular flexibility index (Phi) is 5.79. The van der Waals surface area contributed by atoms with Gasteiger partial charge in [0.1, 0.15) is 16.2 Å². The number of nitrogens with one attached hydrogen (secondary N) is 2. The molecule has 0 unspecified atom stereocenters. The minimum absolute atomic E-state index is 0.0699. The van der Waals surface area contributed by atoms with Crippen LogP contribution in [-0.2, 0) is 4.79 Å². The van der Waals surface area contributed by atoms with E-state index in [1.807, 2.05) is 29.6 Å². The molecular weight excluding hydrogens is 432 g/mol. The van der Waals surface area contributed by atoms with Crippen LogP contribution in [-0.4, -0.2) is 27.5 Å². The second-order valence-corrected chi connectivity index (χ2v) is 8.04. The number of carbonyl (C=O) groups excluding carboxylic acids is 2. The normalized spacial score (nSPS) is 10.8. The second-order valence-electron chi connectivity index (χ2n) is 5.78. The van der Waals surface area contributed by atoms with Gasteiger partial charge in [0, 0.05) is 16.0 Å². The SMILES string of the molecule is O=C(CSc1ncnc2scc(-c3ccc(Cl)cc3)c12)NNC(=O)c1ccco1. The number of halogens is 1. The Morgan fingerprint density at radius 1 is 1.14 bits per heavy atom. The molecule has 0 atom stereocenters. The highest BCUT2D eigenvalue weighted by Crippen LogP contribution is 2.38. The number of thiophene rings is 1. The molecule has 0 aliphatic heterocycles.